The summed E-state index contributed by atoms with van der Waals surface area (Å²) < 4.78 is 0. The Morgan fingerprint density at radius 3 is 2.50 bits per heavy atom. The van der Waals surface area contributed by atoms with Gasteiger partial charge in [0, 0.05) is 22.4 Å². The van der Waals surface area contributed by atoms with Crippen LogP contribution in [0.2, 0.25) is 10.0 Å². The van der Waals surface area contributed by atoms with E-state index in [0.29, 0.717) is 15.9 Å². The number of hydrogen-bond donors (Lipinski definition) is 1. The Bertz CT molecular complexity index is 488. The van der Waals surface area contributed by atoms with Gasteiger partial charge in [0.15, 0.2) is 0 Å². The van der Waals surface area contributed by atoms with Crippen LogP contribution < -0.4 is 5.73 Å². The Kier molecular flexibility index (Phi) is 3.39. The summed E-state index contributed by atoms with van der Waals surface area (Å²) >= 11 is 11.9. The van der Waals surface area contributed by atoms with E-state index in [-0.39, 0.29) is 0 Å². The van der Waals surface area contributed by atoms with Crippen molar-refractivity contribution in [1.82, 2.24) is 9.97 Å². The first kappa shape index (κ1) is 11.3. The van der Waals surface area contributed by atoms with Gasteiger partial charge in [-0.1, -0.05) is 23.2 Å². The van der Waals surface area contributed by atoms with E-state index in [1.54, 1.807) is 36.7 Å². The average molecular weight is 254 g/mol. The van der Waals surface area contributed by atoms with Crippen LogP contribution in [0.5, 0.6) is 0 Å². The lowest BCUT2D eigenvalue weighted by molar-refractivity contribution is 0.781. The second kappa shape index (κ2) is 4.78. The molecule has 0 aliphatic rings. The van der Waals surface area contributed by atoms with Crippen molar-refractivity contribution in [3.63, 3.8) is 0 Å². The normalized spacial score (nSPS) is 12.4. The molecule has 1 aromatic carbocycles. The number of nitrogens with two attached hydrogens (primary N) is 1. The van der Waals surface area contributed by atoms with Gasteiger partial charge in [-0.3, -0.25) is 0 Å². The molecule has 0 saturated carbocycles. The molecule has 1 unspecified atom stereocenters. The number of hydrogen-bond acceptors (Lipinski definition) is 3. The van der Waals surface area contributed by atoms with Crippen molar-refractivity contribution in [2.24, 2.45) is 5.73 Å². The first-order valence-corrected chi connectivity index (χ1v) is 5.41. The Hall–Kier alpha value is -1.16. The minimum Gasteiger partial charge on any atom is -0.318 e. The van der Waals surface area contributed by atoms with E-state index in [4.69, 9.17) is 28.9 Å². The SMILES string of the molecule is NC(c1ncccn1)c1cc(Cl)ccc1Cl. The molecule has 2 N–H and O–H groups in total. The average Bonchev–Trinajstić information content (AvgIpc) is 2.32. The Labute approximate surface area is 103 Å². The van der Waals surface area contributed by atoms with Crippen molar-refractivity contribution in [3.05, 3.63) is 58.1 Å². The third kappa shape index (κ3) is 2.32. The smallest absolute Gasteiger partial charge is 0.149 e. The summed E-state index contributed by atoms with van der Waals surface area (Å²) in [4.78, 5) is 8.18. The molecule has 0 saturated heterocycles. The fourth-order valence-electron chi connectivity index (χ4n) is 1.36. The third-order valence-corrected chi connectivity index (χ3v) is 2.74. The molecule has 0 radical (unpaired) electrons. The minimum atomic E-state index is -0.465. The van der Waals surface area contributed by atoms with Crippen LogP contribution in [0.25, 0.3) is 0 Å². The molecule has 1 atom stereocenters. The van der Waals surface area contributed by atoms with Crippen LogP contribution in [0.3, 0.4) is 0 Å². The highest BCUT2D eigenvalue weighted by atomic mass is 35.5. The van der Waals surface area contributed by atoms with Crippen LogP contribution in [0, 0.1) is 0 Å². The van der Waals surface area contributed by atoms with Gasteiger partial charge in [-0.15, -0.1) is 0 Å². The van der Waals surface area contributed by atoms with Crippen molar-refractivity contribution < 1.29 is 0 Å². The zero-order valence-electron chi connectivity index (χ0n) is 8.27. The molecular weight excluding hydrogens is 245 g/mol. The molecule has 0 fully saturated rings. The van der Waals surface area contributed by atoms with Gasteiger partial charge in [-0.05, 0) is 29.8 Å². The van der Waals surface area contributed by atoms with Crippen LogP contribution in [-0.2, 0) is 0 Å². The van der Waals surface area contributed by atoms with Gasteiger partial charge in [-0.25, -0.2) is 9.97 Å². The highest BCUT2D eigenvalue weighted by Gasteiger charge is 2.14. The van der Waals surface area contributed by atoms with Gasteiger partial charge >= 0.3 is 0 Å². The van der Waals surface area contributed by atoms with E-state index in [1.807, 2.05) is 0 Å². The topological polar surface area (TPSA) is 51.8 Å². The van der Waals surface area contributed by atoms with Crippen LogP contribution in [0.15, 0.2) is 36.7 Å². The maximum atomic E-state index is 6.05. The predicted octanol–water partition coefficient (Wildman–Crippen LogP) is 2.83. The molecular formula is C11H9Cl2N3. The largest absolute Gasteiger partial charge is 0.318 e. The highest BCUT2D eigenvalue weighted by molar-refractivity contribution is 6.33. The third-order valence-electron chi connectivity index (χ3n) is 2.16. The lowest BCUT2D eigenvalue weighted by Gasteiger charge is -2.12. The number of nitrogens with zero attached hydrogens (tertiary/aromatic N) is 2. The van der Waals surface area contributed by atoms with Gasteiger partial charge < -0.3 is 5.73 Å². The van der Waals surface area contributed by atoms with E-state index in [0.717, 1.165) is 5.56 Å². The molecule has 1 heterocycles. The van der Waals surface area contributed by atoms with E-state index < -0.39 is 6.04 Å². The van der Waals surface area contributed by atoms with Crippen molar-refractivity contribution in [3.8, 4) is 0 Å². The molecule has 3 nitrogen and oxygen atoms in total. The summed E-state index contributed by atoms with van der Waals surface area (Å²) in [6.45, 7) is 0. The summed E-state index contributed by atoms with van der Waals surface area (Å²) in [6, 6.07) is 6.42. The van der Waals surface area contributed by atoms with Gasteiger partial charge in [-0.2, -0.15) is 0 Å². The maximum absolute atomic E-state index is 6.05. The van der Waals surface area contributed by atoms with E-state index in [1.165, 1.54) is 0 Å². The van der Waals surface area contributed by atoms with Crippen molar-refractivity contribution in [1.29, 1.82) is 0 Å². The molecule has 0 amide bonds. The van der Waals surface area contributed by atoms with E-state index in [9.17, 15) is 0 Å². The summed E-state index contributed by atoms with van der Waals surface area (Å²) in [5.74, 6) is 0.520. The van der Waals surface area contributed by atoms with Crippen molar-refractivity contribution >= 4 is 23.2 Å². The zero-order valence-corrected chi connectivity index (χ0v) is 9.78. The first-order valence-electron chi connectivity index (χ1n) is 4.66. The molecule has 2 rings (SSSR count). The summed E-state index contributed by atoms with van der Waals surface area (Å²) in [5.41, 5.74) is 6.74. The summed E-state index contributed by atoms with van der Waals surface area (Å²) in [5, 5.41) is 1.15. The maximum Gasteiger partial charge on any atom is 0.149 e. The fraction of sp³-hybridized carbons (Fsp3) is 0.0909. The molecule has 0 aliphatic carbocycles. The van der Waals surface area contributed by atoms with Gasteiger partial charge in [0.05, 0.1) is 6.04 Å². The van der Waals surface area contributed by atoms with E-state index >= 15 is 0 Å². The molecule has 5 heteroatoms. The quantitative estimate of drug-likeness (QED) is 0.896. The molecule has 82 valence electrons. The first-order chi connectivity index (χ1) is 7.68. The van der Waals surface area contributed by atoms with Crippen LogP contribution >= 0.6 is 23.2 Å². The molecule has 0 aliphatic heterocycles. The minimum absolute atomic E-state index is 0.465. The molecule has 0 bridgehead atoms. The Balaban J connectivity index is 2.41. The molecule has 0 spiro atoms. The van der Waals surface area contributed by atoms with Crippen molar-refractivity contribution in [2.75, 3.05) is 0 Å². The lowest BCUT2D eigenvalue weighted by atomic mass is 10.1. The molecule has 2 aromatic rings. The zero-order chi connectivity index (χ0) is 11.5. The fourth-order valence-corrected chi connectivity index (χ4v) is 1.78. The number of halogens is 2. The Morgan fingerprint density at radius 1 is 1.12 bits per heavy atom. The van der Waals surface area contributed by atoms with Gasteiger partial charge in [0.1, 0.15) is 5.82 Å². The van der Waals surface area contributed by atoms with Crippen LogP contribution in [0.4, 0.5) is 0 Å². The summed E-state index contributed by atoms with van der Waals surface area (Å²) in [7, 11) is 0. The van der Waals surface area contributed by atoms with Crippen LogP contribution in [-0.4, -0.2) is 9.97 Å². The molecule has 1 aromatic heterocycles. The number of benzene rings is 1. The predicted molar refractivity (Wildman–Crippen MR) is 64.5 cm³/mol. The second-order valence-electron chi connectivity index (χ2n) is 3.25. The summed E-state index contributed by atoms with van der Waals surface area (Å²) in [6.07, 6.45) is 3.28. The second-order valence-corrected chi connectivity index (χ2v) is 4.09. The van der Waals surface area contributed by atoms with Crippen LogP contribution in [0.1, 0.15) is 17.4 Å². The number of rotatable bonds is 2. The van der Waals surface area contributed by atoms with E-state index in [2.05, 4.69) is 9.97 Å². The number of aromatic nitrogens is 2. The highest BCUT2D eigenvalue weighted by Crippen LogP contribution is 2.27. The monoisotopic (exact) mass is 253 g/mol. The standard InChI is InChI=1S/C11H9Cl2N3/c12-7-2-3-9(13)8(6-7)10(14)11-15-4-1-5-16-11/h1-6,10H,14H2. The lowest BCUT2D eigenvalue weighted by Crippen LogP contribution is -2.15. The van der Waals surface area contributed by atoms with Gasteiger partial charge in [0.2, 0.25) is 0 Å². The molecule has 16 heavy (non-hydrogen) atoms. The van der Waals surface area contributed by atoms with Gasteiger partial charge in [0.25, 0.3) is 0 Å². The Morgan fingerprint density at radius 2 is 1.81 bits per heavy atom. The van der Waals surface area contributed by atoms with Crippen molar-refractivity contribution in [2.45, 2.75) is 6.04 Å².